The van der Waals surface area contributed by atoms with Crippen LogP contribution in [0.5, 0.6) is 5.75 Å². The van der Waals surface area contributed by atoms with Gasteiger partial charge in [-0.3, -0.25) is 9.48 Å². The summed E-state index contributed by atoms with van der Waals surface area (Å²) in [6, 6.07) is 14.6. The van der Waals surface area contributed by atoms with E-state index in [4.69, 9.17) is 27.9 Å². The Balaban J connectivity index is 1.34. The van der Waals surface area contributed by atoms with Gasteiger partial charge in [-0.15, -0.1) is 0 Å². The zero-order chi connectivity index (χ0) is 21.8. The summed E-state index contributed by atoms with van der Waals surface area (Å²) in [6.07, 6.45) is 5.00. The molecule has 2 heterocycles. The number of hydrogen-bond donors (Lipinski definition) is 1. The molecule has 0 radical (unpaired) electrons. The van der Waals surface area contributed by atoms with E-state index in [2.05, 4.69) is 15.5 Å². The summed E-state index contributed by atoms with van der Waals surface area (Å²) in [6.45, 7) is 2.58. The number of amides is 1. The SMILES string of the molecule is Cc1cc(OCn2ccc(C(=O)Nc3cnn(Cc4ccccc4Cl)c3)n2)ccc1Cl. The molecule has 1 amide bonds. The zero-order valence-electron chi connectivity index (χ0n) is 16.6. The Morgan fingerprint density at radius 2 is 1.94 bits per heavy atom. The normalized spacial score (nSPS) is 10.8. The van der Waals surface area contributed by atoms with E-state index in [0.717, 1.165) is 11.1 Å². The third-order valence-corrected chi connectivity index (χ3v) is 5.34. The van der Waals surface area contributed by atoms with Gasteiger partial charge in [0, 0.05) is 22.4 Å². The lowest BCUT2D eigenvalue weighted by atomic mass is 10.2. The van der Waals surface area contributed by atoms with Crippen LogP contribution in [0.15, 0.2) is 67.1 Å². The molecule has 0 bridgehead atoms. The summed E-state index contributed by atoms with van der Waals surface area (Å²) < 4.78 is 8.94. The fraction of sp³-hybridized carbons (Fsp3) is 0.136. The molecular weight excluding hydrogens is 437 g/mol. The zero-order valence-corrected chi connectivity index (χ0v) is 18.1. The first-order valence-corrected chi connectivity index (χ1v) is 10.2. The molecule has 0 spiro atoms. The molecule has 0 fully saturated rings. The maximum atomic E-state index is 12.5. The Kier molecular flexibility index (Phi) is 6.25. The van der Waals surface area contributed by atoms with Crippen molar-refractivity contribution in [2.24, 2.45) is 0 Å². The molecule has 0 aliphatic heterocycles. The Bertz CT molecular complexity index is 1220. The number of aromatic nitrogens is 4. The summed E-state index contributed by atoms with van der Waals surface area (Å²) in [5.41, 5.74) is 2.71. The van der Waals surface area contributed by atoms with Crippen molar-refractivity contribution < 1.29 is 9.53 Å². The van der Waals surface area contributed by atoms with Crippen LogP contribution in [0.4, 0.5) is 5.69 Å². The number of rotatable bonds is 7. The third-order valence-electron chi connectivity index (χ3n) is 4.55. The first-order chi connectivity index (χ1) is 15.0. The van der Waals surface area contributed by atoms with Crippen LogP contribution >= 0.6 is 23.2 Å². The second kappa shape index (κ2) is 9.24. The average Bonchev–Trinajstić information content (AvgIpc) is 3.40. The molecule has 2 aromatic carbocycles. The Morgan fingerprint density at radius 1 is 1.10 bits per heavy atom. The minimum atomic E-state index is -0.335. The van der Waals surface area contributed by atoms with Crippen LogP contribution in [-0.2, 0) is 13.3 Å². The number of nitrogens with one attached hydrogen (secondary N) is 1. The van der Waals surface area contributed by atoms with Gasteiger partial charge in [0.15, 0.2) is 12.4 Å². The van der Waals surface area contributed by atoms with Crippen molar-refractivity contribution in [3.8, 4) is 5.75 Å². The Hall–Kier alpha value is -3.29. The van der Waals surface area contributed by atoms with Gasteiger partial charge in [-0.25, -0.2) is 4.68 Å². The van der Waals surface area contributed by atoms with Gasteiger partial charge in [0.25, 0.3) is 5.91 Å². The van der Waals surface area contributed by atoms with E-state index in [1.165, 1.54) is 0 Å². The minimum Gasteiger partial charge on any atom is -0.471 e. The van der Waals surface area contributed by atoms with Crippen molar-refractivity contribution in [3.63, 3.8) is 0 Å². The highest BCUT2D eigenvalue weighted by atomic mass is 35.5. The number of nitrogens with zero attached hydrogens (tertiary/aromatic N) is 4. The molecular formula is C22H19Cl2N5O2. The molecule has 31 heavy (non-hydrogen) atoms. The third kappa shape index (κ3) is 5.25. The van der Waals surface area contributed by atoms with Crippen LogP contribution in [-0.4, -0.2) is 25.5 Å². The maximum Gasteiger partial charge on any atom is 0.276 e. The molecule has 4 aromatic rings. The Labute approximate surface area is 189 Å². The lowest BCUT2D eigenvalue weighted by Gasteiger charge is -2.07. The molecule has 0 atom stereocenters. The average molecular weight is 456 g/mol. The number of aryl methyl sites for hydroxylation is 1. The second-order valence-electron chi connectivity index (χ2n) is 6.90. The van der Waals surface area contributed by atoms with Crippen molar-refractivity contribution >= 4 is 34.8 Å². The van der Waals surface area contributed by atoms with Crippen LogP contribution in [0.3, 0.4) is 0 Å². The molecule has 2 aromatic heterocycles. The minimum absolute atomic E-state index is 0.171. The number of anilines is 1. The number of halogens is 2. The number of carbonyl (C=O) groups excluding carboxylic acids is 1. The van der Waals surface area contributed by atoms with Gasteiger partial charge in [-0.1, -0.05) is 41.4 Å². The van der Waals surface area contributed by atoms with Crippen molar-refractivity contribution in [1.29, 1.82) is 0 Å². The lowest BCUT2D eigenvalue weighted by molar-refractivity contribution is 0.102. The molecule has 0 saturated carbocycles. The van der Waals surface area contributed by atoms with Crippen LogP contribution < -0.4 is 10.1 Å². The molecule has 4 rings (SSSR count). The molecule has 0 unspecified atom stereocenters. The highest BCUT2D eigenvalue weighted by Crippen LogP contribution is 2.21. The standard InChI is InChI=1S/C22H19Cl2N5O2/c1-15-10-18(6-7-19(15)23)31-14-28-9-8-21(27-28)22(30)26-17-11-25-29(13-17)12-16-4-2-3-5-20(16)24/h2-11,13H,12,14H2,1H3,(H,26,30). The van der Waals surface area contributed by atoms with Gasteiger partial charge in [-0.2, -0.15) is 10.2 Å². The van der Waals surface area contributed by atoms with E-state index in [9.17, 15) is 4.79 Å². The van der Waals surface area contributed by atoms with Crippen molar-refractivity contribution in [1.82, 2.24) is 19.6 Å². The van der Waals surface area contributed by atoms with E-state index in [-0.39, 0.29) is 18.3 Å². The van der Waals surface area contributed by atoms with E-state index < -0.39 is 0 Å². The molecule has 7 nitrogen and oxygen atoms in total. The van der Waals surface area contributed by atoms with Gasteiger partial charge >= 0.3 is 0 Å². The number of hydrogen-bond acceptors (Lipinski definition) is 4. The number of carbonyl (C=O) groups is 1. The predicted molar refractivity (Wildman–Crippen MR) is 120 cm³/mol. The summed E-state index contributed by atoms with van der Waals surface area (Å²) in [5, 5.41) is 12.7. The van der Waals surface area contributed by atoms with Crippen molar-refractivity contribution in [2.75, 3.05) is 5.32 Å². The van der Waals surface area contributed by atoms with Crippen molar-refractivity contribution in [2.45, 2.75) is 20.2 Å². The van der Waals surface area contributed by atoms with E-state index >= 15 is 0 Å². The predicted octanol–water partition coefficient (Wildman–Crippen LogP) is 5.03. The van der Waals surface area contributed by atoms with E-state index in [1.807, 2.05) is 37.3 Å². The molecule has 158 valence electrons. The first kappa shape index (κ1) is 21.0. The van der Waals surface area contributed by atoms with Crippen LogP contribution in [0, 0.1) is 6.92 Å². The highest BCUT2D eigenvalue weighted by Gasteiger charge is 2.12. The number of ether oxygens (including phenoxy) is 1. The van der Waals surface area contributed by atoms with E-state index in [0.29, 0.717) is 28.0 Å². The maximum absolute atomic E-state index is 12.5. The largest absolute Gasteiger partial charge is 0.471 e. The monoisotopic (exact) mass is 455 g/mol. The molecule has 0 aliphatic carbocycles. The van der Waals surface area contributed by atoms with Gasteiger partial charge in [0.1, 0.15) is 5.75 Å². The summed E-state index contributed by atoms with van der Waals surface area (Å²) in [5.74, 6) is 0.340. The van der Waals surface area contributed by atoms with Gasteiger partial charge in [-0.05, 0) is 48.4 Å². The van der Waals surface area contributed by atoms with E-state index in [1.54, 1.807) is 46.2 Å². The molecule has 0 aliphatic rings. The number of benzene rings is 2. The molecule has 9 heteroatoms. The van der Waals surface area contributed by atoms with Crippen LogP contribution in [0.1, 0.15) is 21.6 Å². The lowest BCUT2D eigenvalue weighted by Crippen LogP contribution is -2.14. The van der Waals surface area contributed by atoms with Gasteiger partial charge in [0.05, 0.1) is 18.4 Å². The summed E-state index contributed by atoms with van der Waals surface area (Å²) >= 11 is 12.2. The first-order valence-electron chi connectivity index (χ1n) is 9.47. The van der Waals surface area contributed by atoms with Gasteiger partial charge in [0.2, 0.25) is 0 Å². The topological polar surface area (TPSA) is 74.0 Å². The smallest absolute Gasteiger partial charge is 0.276 e. The molecule has 1 N–H and O–H groups in total. The fourth-order valence-corrected chi connectivity index (χ4v) is 3.23. The second-order valence-corrected chi connectivity index (χ2v) is 7.71. The summed E-state index contributed by atoms with van der Waals surface area (Å²) in [4.78, 5) is 12.5. The summed E-state index contributed by atoms with van der Waals surface area (Å²) in [7, 11) is 0. The van der Waals surface area contributed by atoms with Crippen LogP contribution in [0.2, 0.25) is 10.0 Å². The fourth-order valence-electron chi connectivity index (χ4n) is 2.91. The Morgan fingerprint density at radius 3 is 2.74 bits per heavy atom. The van der Waals surface area contributed by atoms with Crippen LogP contribution in [0.25, 0.3) is 0 Å². The van der Waals surface area contributed by atoms with Gasteiger partial charge < -0.3 is 10.1 Å². The quantitative estimate of drug-likeness (QED) is 0.423. The highest BCUT2D eigenvalue weighted by molar-refractivity contribution is 6.31. The molecule has 0 saturated heterocycles. The van der Waals surface area contributed by atoms with Crippen molar-refractivity contribution in [3.05, 3.63) is 94.0 Å².